The van der Waals surface area contributed by atoms with E-state index in [1.165, 1.54) is 51.4 Å². The van der Waals surface area contributed by atoms with Gasteiger partial charge in [0.25, 0.3) is 0 Å². The maximum Gasteiger partial charge on any atom is 0.472 e. The van der Waals surface area contributed by atoms with E-state index in [1.807, 2.05) is 30.4 Å². The average molecular weight is 738 g/mol. The van der Waals surface area contributed by atoms with Crippen LogP contribution >= 0.6 is 7.82 Å². The maximum atomic E-state index is 12.5. The minimum absolute atomic E-state index is 0.0464. The molecule has 0 amide bonds. The number of rotatable bonds is 36. The molecule has 1 unspecified atom stereocenters. The highest BCUT2D eigenvalue weighted by Crippen LogP contribution is 2.43. The molecule has 0 aromatic rings. The molecule has 3 N–H and O–H groups in total. The van der Waals surface area contributed by atoms with Crippen molar-refractivity contribution in [2.24, 2.45) is 5.73 Å². The van der Waals surface area contributed by atoms with Gasteiger partial charge in [-0.25, -0.2) is 4.57 Å². The lowest BCUT2D eigenvalue weighted by Crippen LogP contribution is -2.29. The summed E-state index contributed by atoms with van der Waals surface area (Å²) in [5.74, 6) is -0.866. The average Bonchev–Trinajstić information content (AvgIpc) is 3.11. The van der Waals surface area contributed by atoms with Crippen LogP contribution in [0.15, 0.2) is 60.8 Å². The van der Waals surface area contributed by atoms with Crippen molar-refractivity contribution in [3.63, 3.8) is 0 Å². The Morgan fingerprint density at radius 2 is 1.10 bits per heavy atom. The Morgan fingerprint density at radius 3 is 1.67 bits per heavy atom. The molecule has 9 nitrogen and oxygen atoms in total. The minimum atomic E-state index is -4.38. The molecule has 0 aliphatic rings. The normalized spacial score (nSPS) is 14.0. The Hall–Kier alpha value is -2.29. The lowest BCUT2D eigenvalue weighted by atomic mass is 10.1. The molecule has 0 aromatic carbocycles. The molecule has 0 saturated heterocycles. The van der Waals surface area contributed by atoms with E-state index in [2.05, 4.69) is 44.2 Å². The van der Waals surface area contributed by atoms with E-state index in [4.69, 9.17) is 24.3 Å². The summed E-state index contributed by atoms with van der Waals surface area (Å²) in [7, 11) is -4.38. The van der Waals surface area contributed by atoms with Crippen LogP contribution in [0.5, 0.6) is 0 Å². The van der Waals surface area contributed by atoms with E-state index in [0.717, 1.165) is 64.2 Å². The first kappa shape index (κ1) is 48.7. The van der Waals surface area contributed by atoms with Crippen molar-refractivity contribution >= 4 is 19.8 Å². The first-order valence-electron chi connectivity index (χ1n) is 19.8. The van der Waals surface area contributed by atoms with E-state index >= 15 is 0 Å². The molecule has 0 bridgehead atoms. The fourth-order valence-corrected chi connectivity index (χ4v) is 5.81. The molecule has 0 aliphatic carbocycles. The molecule has 0 aromatic heterocycles. The van der Waals surface area contributed by atoms with Gasteiger partial charge in [-0.1, -0.05) is 145 Å². The first-order valence-corrected chi connectivity index (χ1v) is 21.3. The highest BCUT2D eigenvalue weighted by atomic mass is 31.2. The van der Waals surface area contributed by atoms with Gasteiger partial charge in [-0.3, -0.25) is 18.6 Å². The number of carbonyl (C=O) groups excluding carboxylic acids is 2. The summed E-state index contributed by atoms with van der Waals surface area (Å²) in [4.78, 5) is 34.8. The highest BCUT2D eigenvalue weighted by Gasteiger charge is 2.25. The largest absolute Gasteiger partial charge is 0.472 e. The van der Waals surface area contributed by atoms with E-state index < -0.39 is 32.5 Å². The fraction of sp³-hybridized carbons (Fsp3) is 0.707. The predicted octanol–water partition coefficient (Wildman–Crippen LogP) is 10.9. The van der Waals surface area contributed by atoms with Gasteiger partial charge in [-0.2, -0.15) is 0 Å². The van der Waals surface area contributed by atoms with Crippen LogP contribution in [0.1, 0.15) is 155 Å². The summed E-state index contributed by atoms with van der Waals surface area (Å²) in [5, 5.41) is 0. The lowest BCUT2D eigenvalue weighted by molar-refractivity contribution is -0.161. The van der Waals surface area contributed by atoms with Gasteiger partial charge in [0.1, 0.15) is 6.61 Å². The molecule has 0 heterocycles. The second kappa shape index (κ2) is 37.5. The summed E-state index contributed by atoms with van der Waals surface area (Å²) in [6.07, 6.45) is 42.4. The van der Waals surface area contributed by atoms with Gasteiger partial charge in [-0.05, 0) is 57.8 Å². The molecular formula is C41H72NO8P. The van der Waals surface area contributed by atoms with Crippen molar-refractivity contribution in [3.8, 4) is 0 Å². The topological polar surface area (TPSA) is 134 Å². The number of phosphoric acid groups is 1. The second-order valence-electron chi connectivity index (χ2n) is 12.9. The van der Waals surface area contributed by atoms with Crippen LogP contribution in [-0.2, 0) is 32.7 Å². The monoisotopic (exact) mass is 737 g/mol. The number of carbonyl (C=O) groups is 2. The Labute approximate surface area is 310 Å². The molecule has 10 heteroatoms. The van der Waals surface area contributed by atoms with Crippen molar-refractivity contribution in [3.05, 3.63) is 60.8 Å². The van der Waals surface area contributed by atoms with Crippen LogP contribution in [0.2, 0.25) is 0 Å². The van der Waals surface area contributed by atoms with Gasteiger partial charge in [-0.15, -0.1) is 0 Å². The number of hydrogen-bond donors (Lipinski definition) is 2. The summed E-state index contributed by atoms with van der Waals surface area (Å²) < 4.78 is 32.7. The predicted molar refractivity (Wildman–Crippen MR) is 210 cm³/mol. The zero-order valence-corrected chi connectivity index (χ0v) is 33.0. The maximum absolute atomic E-state index is 12.5. The van der Waals surface area contributed by atoms with Gasteiger partial charge in [0.2, 0.25) is 0 Å². The number of hydrogen-bond acceptors (Lipinski definition) is 8. The van der Waals surface area contributed by atoms with E-state index in [1.54, 1.807) is 0 Å². The Balaban J connectivity index is 4.26. The Morgan fingerprint density at radius 1 is 0.608 bits per heavy atom. The van der Waals surface area contributed by atoms with Crippen molar-refractivity contribution in [2.75, 3.05) is 26.4 Å². The quantitative estimate of drug-likeness (QED) is 0.0212. The van der Waals surface area contributed by atoms with Gasteiger partial charge in [0, 0.05) is 19.4 Å². The van der Waals surface area contributed by atoms with Crippen LogP contribution in [0.4, 0.5) is 0 Å². The SMILES string of the molecule is CC/C=C/C=C/C=C/C=C/CCCCCCCC(=O)OC[C@H](COP(=O)(O)OCCN)OC(=O)CCCCCCCCC/C=C/CCCCCC. The fourth-order valence-electron chi connectivity index (χ4n) is 5.05. The third kappa shape index (κ3) is 37.3. The van der Waals surface area contributed by atoms with Crippen LogP contribution in [-0.4, -0.2) is 49.3 Å². The lowest BCUT2D eigenvalue weighted by Gasteiger charge is -2.19. The number of allylic oxidation sites excluding steroid dienone is 10. The minimum Gasteiger partial charge on any atom is -0.462 e. The van der Waals surface area contributed by atoms with Gasteiger partial charge in [0.05, 0.1) is 13.2 Å². The van der Waals surface area contributed by atoms with E-state index in [0.29, 0.717) is 12.8 Å². The first-order chi connectivity index (χ1) is 24.8. The van der Waals surface area contributed by atoms with Crippen molar-refractivity contribution in [1.29, 1.82) is 0 Å². The van der Waals surface area contributed by atoms with Crippen LogP contribution in [0.3, 0.4) is 0 Å². The number of unbranched alkanes of at least 4 members (excludes halogenated alkanes) is 16. The van der Waals surface area contributed by atoms with E-state index in [9.17, 15) is 19.0 Å². The molecule has 2 atom stereocenters. The van der Waals surface area contributed by atoms with Crippen LogP contribution in [0.25, 0.3) is 0 Å². The van der Waals surface area contributed by atoms with Crippen LogP contribution < -0.4 is 5.73 Å². The molecule has 0 saturated carbocycles. The standard InChI is InChI=1S/C41H72NO8P/c1-3-5-7-9-11-13-15-17-19-21-23-25-27-29-31-33-40(43)47-37-39(38-49-51(45,46)48-36-35-42)50-41(44)34-32-30-28-26-24-22-20-18-16-14-12-10-8-6-4-2/h5,7,9,11,13-17,19,39H,3-4,6,8,10,12,18,20-38,42H2,1-2H3,(H,45,46)/b7-5+,11-9+,15-13+,16-14+,19-17+/t39-/m1/s1. The number of phosphoric ester groups is 1. The van der Waals surface area contributed by atoms with Crippen molar-refractivity contribution in [1.82, 2.24) is 0 Å². The Kier molecular flexibility index (Phi) is 35.8. The molecule has 294 valence electrons. The zero-order chi connectivity index (χ0) is 37.5. The molecule has 51 heavy (non-hydrogen) atoms. The van der Waals surface area contributed by atoms with E-state index in [-0.39, 0.29) is 32.6 Å². The van der Waals surface area contributed by atoms with Gasteiger partial charge in [0.15, 0.2) is 6.10 Å². The van der Waals surface area contributed by atoms with Crippen molar-refractivity contribution < 1.29 is 37.6 Å². The Bertz CT molecular complexity index is 1020. The number of ether oxygens (including phenoxy) is 2. The molecule has 0 radical (unpaired) electrons. The third-order valence-corrected chi connectivity index (χ3v) is 8.97. The van der Waals surface area contributed by atoms with Crippen LogP contribution in [0, 0.1) is 0 Å². The van der Waals surface area contributed by atoms with Gasteiger partial charge < -0.3 is 20.1 Å². The molecular weight excluding hydrogens is 665 g/mol. The number of nitrogens with two attached hydrogens (primary N) is 1. The number of esters is 2. The van der Waals surface area contributed by atoms with Crippen molar-refractivity contribution in [2.45, 2.75) is 161 Å². The molecule has 0 aliphatic heterocycles. The third-order valence-electron chi connectivity index (χ3n) is 7.98. The summed E-state index contributed by atoms with van der Waals surface area (Å²) in [6, 6.07) is 0. The molecule has 0 fully saturated rings. The molecule has 0 rings (SSSR count). The summed E-state index contributed by atoms with van der Waals surface area (Å²) in [5.41, 5.74) is 5.33. The smallest absolute Gasteiger partial charge is 0.462 e. The zero-order valence-electron chi connectivity index (χ0n) is 32.1. The molecule has 0 spiro atoms. The van der Waals surface area contributed by atoms with Gasteiger partial charge >= 0.3 is 19.8 Å². The summed E-state index contributed by atoms with van der Waals surface area (Å²) >= 11 is 0. The second-order valence-corrected chi connectivity index (χ2v) is 14.3. The summed E-state index contributed by atoms with van der Waals surface area (Å²) in [6.45, 7) is 3.53. The highest BCUT2D eigenvalue weighted by molar-refractivity contribution is 7.47.